The van der Waals surface area contributed by atoms with Crippen LogP contribution >= 0.6 is 27.3 Å². The van der Waals surface area contributed by atoms with E-state index in [1.54, 1.807) is 19.3 Å². The molecule has 3 heterocycles. The van der Waals surface area contributed by atoms with Gasteiger partial charge in [-0.2, -0.15) is 0 Å². The zero-order valence-corrected chi connectivity index (χ0v) is 21.3. The monoisotopic (exact) mass is 560 g/mol. The summed E-state index contributed by atoms with van der Waals surface area (Å²) in [5.74, 6) is 0.0515. The molecule has 0 radical (unpaired) electrons. The first-order valence-corrected chi connectivity index (χ1v) is 12.2. The largest absolute Gasteiger partial charge is 0.477 e. The molecule has 0 atom stereocenters. The number of rotatable bonds is 7. The number of fused-ring (bicyclic) bond motifs is 1. The number of aliphatic imine (C=N–C) groups is 1. The van der Waals surface area contributed by atoms with Gasteiger partial charge in [0.2, 0.25) is 0 Å². The van der Waals surface area contributed by atoms with E-state index in [-0.39, 0.29) is 24.6 Å². The summed E-state index contributed by atoms with van der Waals surface area (Å²) in [6.45, 7) is 2.34. The first kappa shape index (κ1) is 26.5. The molecule has 4 rings (SSSR count). The van der Waals surface area contributed by atoms with Gasteiger partial charge in [-0.25, -0.2) is 9.78 Å². The molecule has 0 bridgehead atoms. The summed E-state index contributed by atoms with van der Waals surface area (Å²) >= 11 is 4.55. The fourth-order valence-corrected chi connectivity index (χ4v) is 4.47. The van der Waals surface area contributed by atoms with Crippen molar-refractivity contribution in [3.8, 4) is 22.6 Å². The van der Waals surface area contributed by atoms with Gasteiger partial charge in [-0.1, -0.05) is 28.1 Å². The van der Waals surface area contributed by atoms with Gasteiger partial charge in [0.1, 0.15) is 15.4 Å². The number of aliphatic hydroxyl groups excluding tert-OH is 2. The van der Waals surface area contributed by atoms with E-state index in [1.807, 2.05) is 36.4 Å². The second-order valence-electron chi connectivity index (χ2n) is 7.16. The van der Waals surface area contributed by atoms with Gasteiger partial charge in [0.15, 0.2) is 5.76 Å². The van der Waals surface area contributed by atoms with E-state index in [4.69, 9.17) is 20.4 Å². The summed E-state index contributed by atoms with van der Waals surface area (Å²) in [5, 5.41) is 30.5. The Bertz CT molecular complexity index is 1300. The molecular weight excluding hydrogens is 536 g/mol. The first-order valence-electron chi connectivity index (χ1n) is 10.6. The van der Waals surface area contributed by atoms with E-state index in [2.05, 4.69) is 31.2 Å². The van der Waals surface area contributed by atoms with Crippen LogP contribution in [0, 0.1) is 0 Å². The SMILES string of the molecule is CC(=NCCO)Nc1c(C(=O)O)sc2nc(-c3ccco3)cc(-c3ccc(Br)cc3)c12.NCCO. The van der Waals surface area contributed by atoms with Gasteiger partial charge < -0.3 is 30.8 Å². The van der Waals surface area contributed by atoms with Crippen LogP contribution in [0.15, 0.2) is 62.6 Å². The molecule has 0 fully saturated rings. The van der Waals surface area contributed by atoms with Crippen molar-refractivity contribution >= 4 is 55.0 Å². The number of aromatic nitrogens is 1. The van der Waals surface area contributed by atoms with E-state index < -0.39 is 5.97 Å². The maximum absolute atomic E-state index is 12.0. The van der Waals surface area contributed by atoms with Crippen LogP contribution in [0.1, 0.15) is 16.6 Å². The van der Waals surface area contributed by atoms with Crippen molar-refractivity contribution in [2.75, 3.05) is 31.6 Å². The zero-order valence-electron chi connectivity index (χ0n) is 18.9. The number of halogens is 1. The van der Waals surface area contributed by atoms with Gasteiger partial charge in [0.05, 0.1) is 37.5 Å². The Morgan fingerprint density at radius 2 is 1.94 bits per heavy atom. The van der Waals surface area contributed by atoms with Crippen LogP contribution in [0.5, 0.6) is 0 Å². The number of carbonyl (C=O) groups is 1. The molecule has 9 nitrogen and oxygen atoms in total. The number of amidine groups is 1. The van der Waals surface area contributed by atoms with E-state index in [1.165, 1.54) is 0 Å². The topological polar surface area (TPSA) is 154 Å². The number of furan rings is 1. The van der Waals surface area contributed by atoms with Crippen molar-refractivity contribution in [1.82, 2.24) is 4.98 Å². The first-order chi connectivity index (χ1) is 16.9. The van der Waals surface area contributed by atoms with Crippen LogP contribution in [0.4, 0.5) is 5.69 Å². The maximum atomic E-state index is 12.0. The highest BCUT2D eigenvalue weighted by molar-refractivity contribution is 9.10. The molecular formula is C24H25BrN4O5S. The minimum atomic E-state index is -1.05. The Labute approximate surface area is 214 Å². The lowest BCUT2D eigenvalue weighted by Crippen LogP contribution is -2.11. The Kier molecular flexibility index (Phi) is 9.52. The van der Waals surface area contributed by atoms with Gasteiger partial charge in [-0.15, -0.1) is 11.3 Å². The average molecular weight is 561 g/mol. The Hall–Kier alpha value is -3.09. The van der Waals surface area contributed by atoms with Gasteiger partial charge in [0.25, 0.3) is 0 Å². The number of carboxylic acids is 1. The molecule has 11 heteroatoms. The number of hydrogen-bond donors (Lipinski definition) is 5. The number of aromatic carboxylic acids is 1. The summed E-state index contributed by atoms with van der Waals surface area (Å²) < 4.78 is 6.47. The van der Waals surface area contributed by atoms with E-state index >= 15 is 0 Å². The lowest BCUT2D eigenvalue weighted by atomic mass is 10.0. The predicted molar refractivity (Wildman–Crippen MR) is 142 cm³/mol. The third-order valence-electron chi connectivity index (χ3n) is 4.67. The highest BCUT2D eigenvalue weighted by Gasteiger charge is 2.24. The van der Waals surface area contributed by atoms with Crippen LogP contribution < -0.4 is 11.1 Å². The van der Waals surface area contributed by atoms with E-state index in [0.717, 1.165) is 26.9 Å². The van der Waals surface area contributed by atoms with Crippen molar-refractivity contribution < 1.29 is 24.5 Å². The van der Waals surface area contributed by atoms with Crippen LogP contribution in [0.2, 0.25) is 0 Å². The Morgan fingerprint density at radius 1 is 1.23 bits per heavy atom. The van der Waals surface area contributed by atoms with E-state index in [0.29, 0.717) is 39.7 Å². The van der Waals surface area contributed by atoms with Crippen molar-refractivity contribution in [1.29, 1.82) is 0 Å². The number of aliphatic hydroxyl groups is 2. The van der Waals surface area contributed by atoms with Crippen molar-refractivity contribution in [2.45, 2.75) is 6.92 Å². The smallest absolute Gasteiger partial charge is 0.348 e. The number of nitrogens with one attached hydrogen (secondary N) is 1. The molecule has 0 aliphatic heterocycles. The molecule has 35 heavy (non-hydrogen) atoms. The molecule has 0 aliphatic rings. The maximum Gasteiger partial charge on any atom is 0.348 e. The number of nitrogens with two attached hydrogens (primary N) is 1. The minimum Gasteiger partial charge on any atom is -0.477 e. The number of nitrogens with zero attached hydrogens (tertiary/aromatic N) is 2. The zero-order chi connectivity index (χ0) is 25.4. The lowest BCUT2D eigenvalue weighted by molar-refractivity contribution is 0.0703. The number of carboxylic acid groups (broad SMARTS) is 1. The summed E-state index contributed by atoms with van der Waals surface area (Å²) in [6, 6.07) is 13.3. The molecule has 1 aromatic carbocycles. The molecule has 0 saturated heterocycles. The Morgan fingerprint density at radius 3 is 2.51 bits per heavy atom. The van der Waals surface area contributed by atoms with Crippen LogP contribution in [-0.2, 0) is 0 Å². The van der Waals surface area contributed by atoms with Crippen molar-refractivity contribution in [3.63, 3.8) is 0 Å². The summed E-state index contributed by atoms with van der Waals surface area (Å²) in [4.78, 5) is 21.6. The second-order valence-corrected chi connectivity index (χ2v) is 9.07. The molecule has 4 aromatic rings. The number of thiophene rings is 1. The third-order valence-corrected chi connectivity index (χ3v) is 6.27. The fourth-order valence-electron chi connectivity index (χ4n) is 3.21. The molecule has 184 valence electrons. The molecule has 0 amide bonds. The van der Waals surface area contributed by atoms with Crippen molar-refractivity contribution in [2.24, 2.45) is 10.7 Å². The number of hydrogen-bond acceptors (Lipinski definition) is 8. The Balaban J connectivity index is 0.000000795. The summed E-state index contributed by atoms with van der Waals surface area (Å²) in [5.41, 5.74) is 7.56. The van der Waals surface area contributed by atoms with Gasteiger partial charge in [-0.05, 0) is 48.4 Å². The highest BCUT2D eigenvalue weighted by Crippen LogP contribution is 2.43. The fraction of sp³-hybridized carbons (Fsp3) is 0.208. The average Bonchev–Trinajstić information content (AvgIpc) is 3.52. The number of anilines is 1. The predicted octanol–water partition coefficient (Wildman–Crippen LogP) is 4.44. The summed E-state index contributed by atoms with van der Waals surface area (Å²) in [6.07, 6.45) is 1.57. The minimum absolute atomic E-state index is 0.0899. The van der Waals surface area contributed by atoms with Crippen LogP contribution in [0.25, 0.3) is 32.8 Å². The quantitative estimate of drug-likeness (QED) is 0.164. The summed E-state index contributed by atoms with van der Waals surface area (Å²) in [7, 11) is 0. The van der Waals surface area contributed by atoms with Gasteiger partial charge in [-0.3, -0.25) is 4.99 Å². The van der Waals surface area contributed by atoms with Crippen LogP contribution in [-0.4, -0.2) is 58.4 Å². The second kappa shape index (κ2) is 12.6. The molecule has 0 unspecified atom stereocenters. The highest BCUT2D eigenvalue weighted by atomic mass is 79.9. The lowest BCUT2D eigenvalue weighted by Gasteiger charge is -2.11. The normalized spacial score (nSPS) is 11.3. The number of pyridine rings is 1. The standard InChI is InChI=1S/C22H18BrN3O4S.C2H7NO/c1-12(24-8-9-27)25-19-18-15(13-4-6-14(23)7-5-13)11-16(17-3-2-10-30-17)26-21(18)31-20(19)22(28)29;3-1-2-4/h2-7,10-11,27H,8-9H2,1H3,(H,24,25)(H,28,29);4H,1-3H2. The van der Waals surface area contributed by atoms with Crippen LogP contribution in [0.3, 0.4) is 0 Å². The van der Waals surface area contributed by atoms with Gasteiger partial charge >= 0.3 is 5.97 Å². The molecule has 0 aliphatic carbocycles. The van der Waals surface area contributed by atoms with Crippen molar-refractivity contribution in [3.05, 3.63) is 58.1 Å². The molecule has 0 saturated carbocycles. The van der Waals surface area contributed by atoms with Gasteiger partial charge in [0, 0.05) is 16.4 Å². The number of benzene rings is 1. The molecule has 3 aromatic heterocycles. The third kappa shape index (κ3) is 6.53. The molecule has 6 N–H and O–H groups in total. The molecule has 0 spiro atoms. The van der Waals surface area contributed by atoms with E-state index in [9.17, 15) is 9.90 Å².